The molecule has 0 spiro atoms. The number of pyridine rings is 1. The van der Waals surface area contributed by atoms with Gasteiger partial charge < -0.3 is 4.74 Å². The van der Waals surface area contributed by atoms with Gasteiger partial charge >= 0.3 is 0 Å². The van der Waals surface area contributed by atoms with E-state index in [4.69, 9.17) is 8.92 Å². The third kappa shape index (κ3) is 4.32. The molecule has 2 fully saturated rings. The molecule has 6 rings (SSSR count). The van der Waals surface area contributed by atoms with Gasteiger partial charge in [0.1, 0.15) is 11.8 Å². The molecule has 4 heterocycles. The van der Waals surface area contributed by atoms with Crippen molar-refractivity contribution in [2.24, 2.45) is 0 Å². The molecule has 2 bridgehead atoms. The van der Waals surface area contributed by atoms with Crippen LogP contribution in [0.1, 0.15) is 31.2 Å². The third-order valence-corrected chi connectivity index (χ3v) is 9.80. The number of piperidine rings is 1. The molecule has 0 saturated carbocycles. The van der Waals surface area contributed by atoms with Crippen LogP contribution in [0.4, 0.5) is 0 Å². The van der Waals surface area contributed by atoms with Gasteiger partial charge in [-0.1, -0.05) is 23.8 Å². The Morgan fingerprint density at radius 1 is 1.06 bits per heavy atom. The number of rotatable bonds is 6. The number of hydrogen-bond donors (Lipinski definition) is 0. The van der Waals surface area contributed by atoms with Gasteiger partial charge in [0, 0.05) is 41.4 Å². The highest BCUT2D eigenvalue weighted by atomic mass is 32.2. The summed E-state index contributed by atoms with van der Waals surface area (Å²) >= 11 is 1.73. The Kier molecular flexibility index (Phi) is 5.87. The van der Waals surface area contributed by atoms with Crippen LogP contribution in [0.25, 0.3) is 21.2 Å². The summed E-state index contributed by atoms with van der Waals surface area (Å²) in [7, 11) is -1.96. The molecule has 36 heavy (non-hydrogen) atoms. The van der Waals surface area contributed by atoms with Gasteiger partial charge in [-0.05, 0) is 79.5 Å². The smallest absolute Gasteiger partial charge is 0.298 e. The van der Waals surface area contributed by atoms with E-state index in [1.54, 1.807) is 35.6 Å². The van der Waals surface area contributed by atoms with Crippen LogP contribution in [0.3, 0.4) is 0 Å². The molecule has 2 aliphatic rings. The maximum Gasteiger partial charge on any atom is 0.298 e. The number of aryl methyl sites for hydroxylation is 1. The summed E-state index contributed by atoms with van der Waals surface area (Å²) in [6.07, 6.45) is 4.45. The van der Waals surface area contributed by atoms with E-state index in [9.17, 15) is 8.42 Å². The lowest BCUT2D eigenvalue weighted by Crippen LogP contribution is -2.55. The van der Waals surface area contributed by atoms with Crippen LogP contribution in [0.2, 0.25) is 0 Å². The van der Waals surface area contributed by atoms with Crippen molar-refractivity contribution >= 4 is 31.5 Å². The molecule has 4 aromatic rings. The largest absolute Gasteiger partial charge is 0.474 e. The fourth-order valence-electron chi connectivity index (χ4n) is 5.48. The van der Waals surface area contributed by atoms with E-state index in [2.05, 4.69) is 39.5 Å². The summed E-state index contributed by atoms with van der Waals surface area (Å²) in [5, 5.41) is 3.33. The number of benzene rings is 2. The molecule has 3 atom stereocenters. The first kappa shape index (κ1) is 23.6. The molecule has 6 nitrogen and oxygen atoms in total. The van der Waals surface area contributed by atoms with E-state index in [0.717, 1.165) is 29.5 Å². The lowest BCUT2D eigenvalue weighted by atomic mass is 9.97. The maximum atomic E-state index is 13.1. The zero-order valence-electron chi connectivity index (χ0n) is 20.3. The van der Waals surface area contributed by atoms with Crippen LogP contribution < -0.4 is 4.74 Å². The molecule has 8 heteroatoms. The molecule has 2 saturated heterocycles. The molecule has 2 aromatic carbocycles. The predicted octanol–water partition coefficient (Wildman–Crippen LogP) is 6.01. The van der Waals surface area contributed by atoms with Gasteiger partial charge in [0.2, 0.25) is 5.88 Å². The van der Waals surface area contributed by atoms with Crippen LogP contribution >= 0.6 is 11.3 Å². The quantitative estimate of drug-likeness (QED) is 0.290. The molecule has 0 radical (unpaired) electrons. The monoisotopic (exact) mass is 520 g/mol. The van der Waals surface area contributed by atoms with Gasteiger partial charge in [-0.25, -0.2) is 9.17 Å². The molecule has 2 aromatic heterocycles. The van der Waals surface area contributed by atoms with Crippen LogP contribution in [-0.4, -0.2) is 43.2 Å². The minimum Gasteiger partial charge on any atom is -0.474 e. The molecule has 2 aliphatic heterocycles. The lowest BCUT2D eigenvalue weighted by molar-refractivity contribution is -0.109. The summed E-state index contributed by atoms with van der Waals surface area (Å²) in [4.78, 5) is 6.83. The number of thiophene rings is 1. The van der Waals surface area contributed by atoms with Gasteiger partial charge in [-0.2, -0.15) is 8.42 Å². The van der Waals surface area contributed by atoms with Gasteiger partial charge in [0.05, 0.1) is 4.90 Å². The topological polar surface area (TPSA) is 68.7 Å². The first-order chi connectivity index (χ1) is 17.3. The highest BCUT2D eigenvalue weighted by Gasteiger charge is 2.54. The third-order valence-electron chi connectivity index (χ3n) is 7.52. The molecular weight excluding hydrogens is 492 g/mol. The first-order valence-corrected chi connectivity index (χ1v) is 14.5. The minimum atomic E-state index is -3.91. The number of ether oxygens (including phenoxy) is 1. The van der Waals surface area contributed by atoms with Crippen molar-refractivity contribution in [1.82, 2.24) is 9.88 Å². The fraction of sp³-hybridized carbons (Fsp3) is 0.321. The summed E-state index contributed by atoms with van der Waals surface area (Å²) in [5.41, 5.74) is 2.24. The Morgan fingerprint density at radius 3 is 2.64 bits per heavy atom. The summed E-state index contributed by atoms with van der Waals surface area (Å²) < 4.78 is 39.8. The van der Waals surface area contributed by atoms with Crippen LogP contribution in [0.15, 0.2) is 77.1 Å². The average Bonchev–Trinajstić information content (AvgIpc) is 3.39. The second-order valence-corrected chi connectivity index (χ2v) is 12.3. The normalized spacial score (nSPS) is 24.3. The van der Waals surface area contributed by atoms with Crippen LogP contribution in [-0.2, 0) is 14.3 Å². The Morgan fingerprint density at radius 2 is 1.86 bits per heavy atom. The Hall–Kier alpha value is -2.78. The van der Waals surface area contributed by atoms with Crippen LogP contribution in [0, 0.1) is 6.92 Å². The molecule has 186 valence electrons. The van der Waals surface area contributed by atoms with Crippen molar-refractivity contribution in [3.8, 4) is 17.0 Å². The predicted molar refractivity (Wildman–Crippen MR) is 142 cm³/mol. The van der Waals surface area contributed by atoms with E-state index in [0.29, 0.717) is 18.7 Å². The number of nitrogens with zero attached hydrogens (tertiary/aromatic N) is 2. The van der Waals surface area contributed by atoms with Crippen molar-refractivity contribution in [2.45, 2.75) is 55.4 Å². The molecule has 0 aliphatic carbocycles. The first-order valence-electron chi connectivity index (χ1n) is 12.2. The average molecular weight is 521 g/mol. The summed E-state index contributed by atoms with van der Waals surface area (Å²) in [6.45, 7) is 1.93. The van der Waals surface area contributed by atoms with Gasteiger partial charge in [0.15, 0.2) is 0 Å². The number of fused-ring (bicyclic) bond motifs is 3. The SMILES string of the molecule is Cc1ccc(S(=O)(=O)OC23CCC(CC(Oc4ccc(-c5ccc6sccc6c5)cn4)C2)N3C)cc1. The van der Waals surface area contributed by atoms with Crippen molar-refractivity contribution in [3.05, 3.63) is 77.8 Å². The highest BCUT2D eigenvalue weighted by molar-refractivity contribution is 7.86. The van der Waals surface area contributed by atoms with Crippen molar-refractivity contribution in [3.63, 3.8) is 0 Å². The van der Waals surface area contributed by atoms with Crippen LogP contribution in [0.5, 0.6) is 5.88 Å². The zero-order valence-corrected chi connectivity index (χ0v) is 21.9. The van der Waals surface area contributed by atoms with Gasteiger partial charge in [0.25, 0.3) is 10.1 Å². The van der Waals surface area contributed by atoms with Crippen molar-refractivity contribution < 1.29 is 17.3 Å². The number of hydrogen-bond acceptors (Lipinski definition) is 7. The lowest BCUT2D eigenvalue weighted by Gasteiger charge is -2.44. The minimum absolute atomic E-state index is 0.178. The molecule has 0 N–H and O–H groups in total. The zero-order chi connectivity index (χ0) is 24.9. The van der Waals surface area contributed by atoms with E-state index in [-0.39, 0.29) is 17.0 Å². The van der Waals surface area contributed by atoms with E-state index in [1.807, 2.05) is 32.3 Å². The number of aromatic nitrogens is 1. The Balaban J connectivity index is 1.19. The van der Waals surface area contributed by atoms with E-state index >= 15 is 0 Å². The van der Waals surface area contributed by atoms with E-state index in [1.165, 1.54) is 10.1 Å². The van der Waals surface area contributed by atoms with Gasteiger partial charge in [-0.3, -0.25) is 4.90 Å². The summed E-state index contributed by atoms with van der Waals surface area (Å²) in [5.74, 6) is 0.542. The second kappa shape index (κ2) is 8.95. The van der Waals surface area contributed by atoms with Crippen molar-refractivity contribution in [2.75, 3.05) is 7.05 Å². The van der Waals surface area contributed by atoms with Crippen molar-refractivity contribution in [1.29, 1.82) is 0 Å². The Labute approximate surface area is 215 Å². The van der Waals surface area contributed by atoms with Gasteiger partial charge in [-0.15, -0.1) is 11.3 Å². The van der Waals surface area contributed by atoms with E-state index < -0.39 is 15.8 Å². The molecule has 3 unspecified atom stereocenters. The highest BCUT2D eigenvalue weighted by Crippen LogP contribution is 2.46. The molecular formula is C28H28N2O4S2. The Bertz CT molecular complexity index is 1500. The second-order valence-electron chi connectivity index (χ2n) is 9.84. The molecule has 0 amide bonds. The fourth-order valence-corrected chi connectivity index (χ4v) is 7.49. The maximum absolute atomic E-state index is 13.1. The summed E-state index contributed by atoms with van der Waals surface area (Å²) in [6, 6.07) is 19.4. The standard InChI is InChI=1S/C28H28N2O4S2/c1-19-3-7-25(8-4-19)36(31,32)34-28-13-11-23(30(28)2)16-24(17-28)33-27-10-6-22(18-29-27)20-5-9-26-21(15-20)12-14-35-26/h3-10,12,14-15,18,23-24H,11,13,16-17H2,1-2H3.